The number of hydrogen-bond acceptors (Lipinski definition) is 4. The highest BCUT2D eigenvalue weighted by molar-refractivity contribution is 5.82. The molecule has 0 amide bonds. The van der Waals surface area contributed by atoms with E-state index in [4.69, 9.17) is 4.74 Å². The van der Waals surface area contributed by atoms with Gasteiger partial charge in [-0.1, -0.05) is 60.7 Å². The number of hydrogen-bond donors (Lipinski definition) is 1. The van der Waals surface area contributed by atoms with Crippen LogP contribution in [0, 0.1) is 0 Å². The number of nitrogens with one attached hydrogen (secondary N) is 1. The van der Waals surface area contributed by atoms with Crippen molar-refractivity contribution < 1.29 is 9.53 Å². The van der Waals surface area contributed by atoms with Crippen molar-refractivity contribution in [1.29, 1.82) is 0 Å². The first-order valence-corrected chi connectivity index (χ1v) is 7.36. The molecule has 2 aromatic rings. The van der Waals surface area contributed by atoms with Crippen molar-refractivity contribution in [2.75, 3.05) is 13.1 Å². The van der Waals surface area contributed by atoms with E-state index in [2.05, 4.69) is 10.3 Å². The third-order valence-electron chi connectivity index (χ3n) is 3.62. The van der Waals surface area contributed by atoms with Crippen LogP contribution in [0.1, 0.15) is 17.0 Å². The summed E-state index contributed by atoms with van der Waals surface area (Å²) in [5.74, 6) is -0.644. The summed E-state index contributed by atoms with van der Waals surface area (Å²) in [6.45, 7) is 1.11. The maximum Gasteiger partial charge on any atom is 0.318 e. The van der Waals surface area contributed by atoms with Gasteiger partial charge < -0.3 is 10.1 Å². The number of benzene rings is 2. The minimum Gasteiger partial charge on any atom is -0.458 e. The van der Waals surface area contributed by atoms with Crippen LogP contribution < -0.4 is 5.32 Å². The lowest BCUT2D eigenvalue weighted by Crippen LogP contribution is -2.37. The molecule has 0 saturated carbocycles. The summed E-state index contributed by atoms with van der Waals surface area (Å²) in [4.78, 5) is 16.8. The minimum absolute atomic E-state index is 0.215. The predicted octanol–water partition coefficient (Wildman–Crippen LogP) is 2.36. The molecule has 1 heterocycles. The second kappa shape index (κ2) is 6.89. The fourth-order valence-corrected chi connectivity index (χ4v) is 2.55. The number of rotatable bonds is 4. The topological polar surface area (TPSA) is 50.7 Å². The summed E-state index contributed by atoms with van der Waals surface area (Å²) in [6.07, 6.45) is 1.43. The van der Waals surface area contributed by atoms with E-state index < -0.39 is 5.92 Å². The molecule has 0 aromatic heterocycles. The maximum atomic E-state index is 12.7. The Morgan fingerprint density at radius 1 is 1.05 bits per heavy atom. The predicted molar refractivity (Wildman–Crippen MR) is 86.0 cm³/mol. The van der Waals surface area contributed by atoms with Gasteiger partial charge in [-0.25, -0.2) is 0 Å². The molecule has 3 rings (SSSR count). The Morgan fingerprint density at radius 3 is 2.14 bits per heavy atom. The smallest absolute Gasteiger partial charge is 0.318 e. The lowest BCUT2D eigenvalue weighted by atomic mass is 9.91. The van der Waals surface area contributed by atoms with Crippen LogP contribution in [0.15, 0.2) is 65.7 Å². The maximum absolute atomic E-state index is 12.7. The van der Waals surface area contributed by atoms with Crippen LogP contribution in [-0.2, 0) is 9.53 Å². The first-order chi connectivity index (χ1) is 10.8. The zero-order valence-corrected chi connectivity index (χ0v) is 12.2. The van der Waals surface area contributed by atoms with Crippen LogP contribution in [0.3, 0.4) is 0 Å². The summed E-state index contributed by atoms with van der Waals surface area (Å²) in [5, 5.41) is 2.99. The average Bonchev–Trinajstić information content (AvgIpc) is 2.58. The van der Waals surface area contributed by atoms with Crippen LogP contribution in [0.2, 0.25) is 0 Å². The molecule has 0 radical (unpaired) electrons. The number of carbonyl (C=O) groups is 1. The Bertz CT molecular complexity index is 601. The molecule has 1 atom stereocenters. The van der Waals surface area contributed by atoms with E-state index in [0.29, 0.717) is 13.1 Å². The number of aliphatic imine (C=N–C) groups is 1. The number of esters is 1. The Morgan fingerprint density at radius 2 is 1.64 bits per heavy atom. The largest absolute Gasteiger partial charge is 0.458 e. The van der Waals surface area contributed by atoms with Crippen LogP contribution in [0.25, 0.3) is 0 Å². The molecule has 22 heavy (non-hydrogen) atoms. The minimum atomic E-state index is -0.409. The third kappa shape index (κ3) is 3.34. The lowest BCUT2D eigenvalue weighted by molar-refractivity contribution is -0.149. The van der Waals surface area contributed by atoms with Crippen molar-refractivity contribution in [2.45, 2.75) is 12.0 Å². The van der Waals surface area contributed by atoms with Crippen LogP contribution in [-0.4, -0.2) is 31.5 Å². The Kier molecular flexibility index (Phi) is 4.49. The summed E-state index contributed by atoms with van der Waals surface area (Å²) in [6, 6.07) is 19.4. The molecular formula is C18H18N2O2. The Labute approximate surface area is 129 Å². The van der Waals surface area contributed by atoms with E-state index in [9.17, 15) is 4.79 Å². The highest BCUT2D eigenvalue weighted by atomic mass is 16.5. The van der Waals surface area contributed by atoms with Gasteiger partial charge in [0.15, 0.2) is 0 Å². The van der Waals surface area contributed by atoms with Crippen molar-refractivity contribution in [3.8, 4) is 0 Å². The molecule has 112 valence electrons. The van der Waals surface area contributed by atoms with Gasteiger partial charge in [0.2, 0.25) is 0 Å². The SMILES string of the molecule is O=C(OC1CN=CNC1)C(c1ccccc1)c1ccccc1. The van der Waals surface area contributed by atoms with Crippen molar-refractivity contribution in [2.24, 2.45) is 4.99 Å². The molecule has 0 saturated heterocycles. The Hall–Kier alpha value is -2.62. The van der Waals surface area contributed by atoms with Gasteiger partial charge in [-0.15, -0.1) is 0 Å². The van der Waals surface area contributed by atoms with Crippen molar-refractivity contribution in [3.05, 3.63) is 71.8 Å². The summed E-state index contributed by atoms with van der Waals surface area (Å²) in [5.41, 5.74) is 1.87. The fourth-order valence-electron chi connectivity index (χ4n) is 2.55. The number of nitrogens with zero attached hydrogens (tertiary/aromatic N) is 1. The molecule has 4 nitrogen and oxygen atoms in total. The molecule has 0 fully saturated rings. The van der Waals surface area contributed by atoms with Gasteiger partial charge in [0.1, 0.15) is 12.0 Å². The molecule has 0 bridgehead atoms. The summed E-state index contributed by atoms with van der Waals surface area (Å²) in [7, 11) is 0. The van der Waals surface area contributed by atoms with Gasteiger partial charge in [-0.05, 0) is 11.1 Å². The molecule has 1 unspecified atom stereocenters. The van der Waals surface area contributed by atoms with Crippen LogP contribution in [0.4, 0.5) is 0 Å². The molecule has 0 aliphatic carbocycles. The quantitative estimate of drug-likeness (QED) is 0.881. The van der Waals surface area contributed by atoms with E-state index in [1.54, 1.807) is 6.34 Å². The average molecular weight is 294 g/mol. The van der Waals surface area contributed by atoms with Gasteiger partial charge >= 0.3 is 5.97 Å². The lowest BCUT2D eigenvalue weighted by Gasteiger charge is -2.23. The van der Waals surface area contributed by atoms with Crippen molar-refractivity contribution >= 4 is 12.3 Å². The van der Waals surface area contributed by atoms with Gasteiger partial charge in [-0.3, -0.25) is 9.79 Å². The molecule has 1 aliphatic heterocycles. The highest BCUT2D eigenvalue weighted by Gasteiger charge is 2.27. The molecule has 2 aromatic carbocycles. The number of carbonyl (C=O) groups excluding carboxylic acids is 1. The second-order valence-corrected chi connectivity index (χ2v) is 5.22. The van der Waals surface area contributed by atoms with E-state index in [1.165, 1.54) is 0 Å². The summed E-state index contributed by atoms with van der Waals surface area (Å²) >= 11 is 0. The monoisotopic (exact) mass is 294 g/mol. The standard InChI is InChI=1S/C18H18N2O2/c21-18(22-16-11-19-13-20-12-16)17(14-7-3-1-4-8-14)15-9-5-2-6-10-15/h1-10,13,16-17H,11-12H2,(H,19,20). The van der Waals surface area contributed by atoms with Gasteiger partial charge in [0, 0.05) is 0 Å². The molecular weight excluding hydrogens is 276 g/mol. The van der Waals surface area contributed by atoms with Crippen molar-refractivity contribution in [3.63, 3.8) is 0 Å². The third-order valence-corrected chi connectivity index (χ3v) is 3.62. The van der Waals surface area contributed by atoms with Gasteiger partial charge in [-0.2, -0.15) is 0 Å². The highest BCUT2D eigenvalue weighted by Crippen LogP contribution is 2.26. The van der Waals surface area contributed by atoms with Crippen molar-refractivity contribution in [1.82, 2.24) is 5.32 Å². The normalized spacial score (nSPS) is 17.0. The first-order valence-electron chi connectivity index (χ1n) is 7.36. The van der Waals surface area contributed by atoms with E-state index in [0.717, 1.165) is 11.1 Å². The first kappa shape index (κ1) is 14.3. The van der Waals surface area contributed by atoms with Gasteiger partial charge in [0.25, 0.3) is 0 Å². The second-order valence-electron chi connectivity index (χ2n) is 5.22. The number of ether oxygens (including phenoxy) is 1. The molecule has 1 aliphatic rings. The molecule has 1 N–H and O–H groups in total. The van der Waals surface area contributed by atoms with Crippen LogP contribution >= 0.6 is 0 Å². The molecule has 4 heteroatoms. The van der Waals surface area contributed by atoms with Gasteiger partial charge in [0.05, 0.1) is 19.4 Å². The fraction of sp³-hybridized carbons (Fsp3) is 0.222. The van der Waals surface area contributed by atoms with E-state index in [1.807, 2.05) is 60.7 Å². The van der Waals surface area contributed by atoms with E-state index >= 15 is 0 Å². The van der Waals surface area contributed by atoms with Crippen LogP contribution in [0.5, 0.6) is 0 Å². The zero-order valence-electron chi connectivity index (χ0n) is 12.2. The summed E-state index contributed by atoms with van der Waals surface area (Å²) < 4.78 is 5.65. The zero-order chi connectivity index (χ0) is 15.2. The molecule has 0 spiro atoms. The van der Waals surface area contributed by atoms with E-state index in [-0.39, 0.29) is 12.1 Å². The Balaban J connectivity index is 1.85.